The Balaban J connectivity index is 2.68. The van der Waals surface area contributed by atoms with E-state index in [1.807, 2.05) is 0 Å². The molecule has 0 aliphatic carbocycles. The number of nitrogens with zero attached hydrogens (tertiary/aromatic N) is 2. The minimum Gasteiger partial charge on any atom is -0.478 e. The van der Waals surface area contributed by atoms with Crippen LogP contribution in [0.5, 0.6) is 0 Å². The normalized spacial score (nSPS) is 14.0. The summed E-state index contributed by atoms with van der Waals surface area (Å²) in [5.74, 6) is 0.145. The fourth-order valence-electron chi connectivity index (χ4n) is 1.80. The van der Waals surface area contributed by atoms with Gasteiger partial charge in [0.05, 0.1) is 11.3 Å². The van der Waals surface area contributed by atoms with E-state index in [-0.39, 0.29) is 11.6 Å². The Morgan fingerprint density at radius 1 is 1.50 bits per heavy atom. The summed E-state index contributed by atoms with van der Waals surface area (Å²) in [6.45, 7) is 8.13. The average Bonchev–Trinajstić information content (AvgIpc) is 2.28. The van der Waals surface area contributed by atoms with Crippen LogP contribution in [0, 0.1) is 12.8 Å². The molecule has 0 aromatic carbocycles. The fourth-order valence-corrected chi connectivity index (χ4v) is 1.80. The van der Waals surface area contributed by atoms with Gasteiger partial charge in [0.15, 0.2) is 0 Å². The molecule has 1 rings (SSSR count). The van der Waals surface area contributed by atoms with Crippen LogP contribution >= 0.6 is 0 Å². The lowest BCUT2D eigenvalue weighted by atomic mass is 10.0. The summed E-state index contributed by atoms with van der Waals surface area (Å²) in [5.41, 5.74) is 0.630. The molecule has 0 aliphatic rings. The van der Waals surface area contributed by atoms with Crippen LogP contribution in [0.2, 0.25) is 0 Å². The van der Waals surface area contributed by atoms with E-state index in [0.29, 0.717) is 17.6 Å². The highest BCUT2D eigenvalue weighted by Crippen LogP contribution is 2.13. The van der Waals surface area contributed by atoms with Crippen molar-refractivity contribution in [2.75, 3.05) is 5.32 Å². The Kier molecular flexibility index (Phi) is 5.07. The van der Waals surface area contributed by atoms with Crippen molar-refractivity contribution in [3.05, 3.63) is 17.5 Å². The summed E-state index contributed by atoms with van der Waals surface area (Å²) in [4.78, 5) is 19.0. The van der Waals surface area contributed by atoms with E-state index in [9.17, 15) is 4.79 Å². The molecule has 0 saturated heterocycles. The number of aromatic nitrogens is 2. The van der Waals surface area contributed by atoms with Crippen LogP contribution in [0.4, 0.5) is 5.95 Å². The van der Waals surface area contributed by atoms with E-state index < -0.39 is 5.97 Å². The summed E-state index contributed by atoms with van der Waals surface area (Å²) in [6, 6.07) is 0.273. The minimum atomic E-state index is -0.994. The largest absolute Gasteiger partial charge is 0.478 e. The van der Waals surface area contributed by atoms with E-state index in [1.54, 1.807) is 6.92 Å². The monoisotopic (exact) mass is 251 g/mol. The molecule has 0 fully saturated rings. The summed E-state index contributed by atoms with van der Waals surface area (Å²) in [6.07, 6.45) is 3.53. The molecule has 2 N–H and O–H groups in total. The van der Waals surface area contributed by atoms with Gasteiger partial charge in [-0.05, 0) is 26.2 Å². The van der Waals surface area contributed by atoms with Crippen molar-refractivity contribution < 1.29 is 9.90 Å². The second-order valence-electron chi connectivity index (χ2n) is 4.79. The van der Waals surface area contributed by atoms with Crippen molar-refractivity contribution >= 4 is 11.9 Å². The highest BCUT2D eigenvalue weighted by atomic mass is 16.4. The first kappa shape index (κ1) is 14.4. The molecular formula is C13H21N3O2. The lowest BCUT2D eigenvalue weighted by molar-refractivity contribution is 0.0695. The number of aryl methyl sites for hydroxylation is 1. The van der Waals surface area contributed by atoms with Crippen molar-refractivity contribution in [3.63, 3.8) is 0 Å². The Labute approximate surface area is 108 Å². The zero-order valence-electron chi connectivity index (χ0n) is 11.4. The van der Waals surface area contributed by atoms with Crippen LogP contribution in [0.3, 0.4) is 0 Å². The van der Waals surface area contributed by atoms with Gasteiger partial charge in [0.25, 0.3) is 0 Å². The Morgan fingerprint density at radius 2 is 2.17 bits per heavy atom. The lowest BCUT2D eigenvalue weighted by Crippen LogP contribution is -2.20. The molecule has 0 spiro atoms. The molecule has 100 valence electrons. The number of rotatable bonds is 6. The van der Waals surface area contributed by atoms with Crippen LogP contribution in [0.25, 0.3) is 0 Å². The summed E-state index contributed by atoms with van der Waals surface area (Å²) >= 11 is 0. The minimum absolute atomic E-state index is 0.148. The van der Waals surface area contributed by atoms with Crippen LogP contribution in [-0.2, 0) is 0 Å². The summed E-state index contributed by atoms with van der Waals surface area (Å²) < 4.78 is 0. The molecular weight excluding hydrogens is 230 g/mol. The van der Waals surface area contributed by atoms with Crippen LogP contribution in [0.15, 0.2) is 6.20 Å². The summed E-state index contributed by atoms with van der Waals surface area (Å²) in [7, 11) is 0. The van der Waals surface area contributed by atoms with Crippen LogP contribution in [0.1, 0.15) is 49.7 Å². The first-order chi connectivity index (χ1) is 8.43. The van der Waals surface area contributed by atoms with E-state index in [1.165, 1.54) is 6.20 Å². The third-order valence-corrected chi connectivity index (χ3v) is 3.04. The average molecular weight is 251 g/mol. The zero-order valence-corrected chi connectivity index (χ0v) is 11.4. The van der Waals surface area contributed by atoms with Crippen molar-refractivity contribution in [1.82, 2.24) is 9.97 Å². The van der Waals surface area contributed by atoms with E-state index in [2.05, 4.69) is 36.1 Å². The van der Waals surface area contributed by atoms with Crippen molar-refractivity contribution in [1.29, 1.82) is 0 Å². The Hall–Kier alpha value is -1.65. The molecule has 18 heavy (non-hydrogen) atoms. The van der Waals surface area contributed by atoms with Gasteiger partial charge in [-0.2, -0.15) is 0 Å². The van der Waals surface area contributed by atoms with E-state index in [4.69, 9.17) is 5.11 Å². The van der Waals surface area contributed by atoms with Gasteiger partial charge in [0.1, 0.15) is 0 Å². The maximum absolute atomic E-state index is 10.8. The van der Waals surface area contributed by atoms with Gasteiger partial charge in [-0.3, -0.25) is 0 Å². The number of hydrogen-bond donors (Lipinski definition) is 2. The van der Waals surface area contributed by atoms with Gasteiger partial charge in [-0.25, -0.2) is 14.8 Å². The molecule has 1 aromatic heterocycles. The first-order valence-corrected chi connectivity index (χ1v) is 6.27. The number of carboxylic acid groups (broad SMARTS) is 1. The van der Waals surface area contributed by atoms with Gasteiger partial charge < -0.3 is 10.4 Å². The molecule has 2 unspecified atom stereocenters. The second-order valence-corrected chi connectivity index (χ2v) is 4.79. The quantitative estimate of drug-likeness (QED) is 0.813. The number of carboxylic acids is 1. The second kappa shape index (κ2) is 6.33. The number of anilines is 1. The maximum Gasteiger partial charge on any atom is 0.339 e. The fraction of sp³-hybridized carbons (Fsp3) is 0.615. The number of hydrogen-bond acceptors (Lipinski definition) is 4. The Morgan fingerprint density at radius 3 is 2.67 bits per heavy atom. The molecule has 2 atom stereocenters. The molecule has 5 nitrogen and oxygen atoms in total. The molecule has 0 bridgehead atoms. The number of carbonyl (C=O) groups is 1. The first-order valence-electron chi connectivity index (χ1n) is 6.27. The third kappa shape index (κ3) is 3.98. The van der Waals surface area contributed by atoms with Crippen molar-refractivity contribution in [2.45, 2.75) is 46.6 Å². The van der Waals surface area contributed by atoms with Crippen LogP contribution in [-0.4, -0.2) is 27.1 Å². The highest BCUT2D eigenvalue weighted by Gasteiger charge is 2.12. The molecule has 5 heteroatoms. The molecule has 0 amide bonds. The topological polar surface area (TPSA) is 75.1 Å². The van der Waals surface area contributed by atoms with Crippen LogP contribution < -0.4 is 5.32 Å². The lowest BCUT2D eigenvalue weighted by Gasteiger charge is -2.17. The SMILES string of the molecule is CCC(C)CC(C)Nc1ncc(C(=O)O)c(C)n1. The standard InChI is InChI=1S/C13H21N3O2/c1-5-8(2)6-9(3)15-13-14-7-11(12(17)18)10(4)16-13/h7-9H,5-6H2,1-4H3,(H,17,18)(H,14,15,16). The maximum atomic E-state index is 10.8. The van der Waals surface area contributed by atoms with Gasteiger partial charge >= 0.3 is 5.97 Å². The van der Waals surface area contributed by atoms with Gasteiger partial charge in [-0.1, -0.05) is 20.3 Å². The molecule has 1 heterocycles. The van der Waals surface area contributed by atoms with Crippen molar-refractivity contribution in [2.24, 2.45) is 5.92 Å². The number of nitrogens with one attached hydrogen (secondary N) is 1. The highest BCUT2D eigenvalue weighted by molar-refractivity contribution is 5.88. The molecule has 1 aromatic rings. The van der Waals surface area contributed by atoms with E-state index >= 15 is 0 Å². The predicted octanol–water partition coefficient (Wildman–Crippen LogP) is 2.72. The van der Waals surface area contributed by atoms with Gasteiger partial charge in [0.2, 0.25) is 5.95 Å². The summed E-state index contributed by atoms with van der Waals surface area (Å²) in [5, 5.41) is 12.1. The van der Waals surface area contributed by atoms with Crippen molar-refractivity contribution in [3.8, 4) is 0 Å². The van der Waals surface area contributed by atoms with E-state index in [0.717, 1.165) is 12.8 Å². The molecule has 0 aliphatic heterocycles. The number of aromatic carboxylic acids is 1. The van der Waals surface area contributed by atoms with Gasteiger partial charge in [-0.15, -0.1) is 0 Å². The Bertz CT molecular complexity index is 421. The predicted molar refractivity (Wildman–Crippen MR) is 70.9 cm³/mol. The third-order valence-electron chi connectivity index (χ3n) is 3.04. The smallest absolute Gasteiger partial charge is 0.339 e. The zero-order chi connectivity index (χ0) is 13.7. The van der Waals surface area contributed by atoms with Gasteiger partial charge in [0, 0.05) is 12.2 Å². The molecule has 0 radical (unpaired) electrons. The molecule has 0 saturated carbocycles.